The van der Waals surface area contributed by atoms with E-state index in [0.717, 1.165) is 11.1 Å². The summed E-state index contributed by atoms with van der Waals surface area (Å²) < 4.78 is 0. The summed E-state index contributed by atoms with van der Waals surface area (Å²) in [7, 11) is 0. The Morgan fingerprint density at radius 2 is 1.74 bits per heavy atom. The number of carbonyl (C=O) groups excluding carboxylic acids is 1. The Morgan fingerprint density at radius 1 is 1.11 bits per heavy atom. The van der Waals surface area contributed by atoms with Crippen LogP contribution in [-0.4, -0.2) is 16.9 Å². The predicted octanol–water partition coefficient (Wildman–Crippen LogP) is 2.08. The van der Waals surface area contributed by atoms with Crippen molar-refractivity contribution < 1.29 is 9.90 Å². The van der Waals surface area contributed by atoms with Gasteiger partial charge in [0, 0.05) is 0 Å². The minimum absolute atomic E-state index is 0.0979. The minimum Gasteiger partial charge on any atom is -0.508 e. The minimum atomic E-state index is -0.565. The third-order valence-electron chi connectivity index (χ3n) is 2.87. The lowest BCUT2D eigenvalue weighted by atomic mass is 9.98. The monoisotopic (exact) mass is 254 g/mol. The fraction of sp³-hybridized carbons (Fsp3) is 0.125. The second kappa shape index (κ2) is 6.16. The number of ketones is 1. The molecule has 2 aromatic rings. The van der Waals surface area contributed by atoms with E-state index in [1.165, 1.54) is 0 Å². The standard InChI is InChI=1S/C16H16NO2/c17-15(10-13-6-8-14(18)9-7-13)16(19)11-12-4-2-1-3-5-12/h1-9,11,15,18H,10,17H2/t15-/m0/s1. The zero-order chi connectivity index (χ0) is 13.7. The number of hydrogen-bond acceptors (Lipinski definition) is 3. The van der Waals surface area contributed by atoms with Gasteiger partial charge in [0.15, 0.2) is 5.78 Å². The fourth-order valence-electron chi connectivity index (χ4n) is 1.81. The lowest BCUT2D eigenvalue weighted by Gasteiger charge is -2.10. The molecule has 3 N–H and O–H groups in total. The van der Waals surface area contributed by atoms with Crippen molar-refractivity contribution >= 4 is 5.78 Å². The van der Waals surface area contributed by atoms with E-state index < -0.39 is 6.04 Å². The van der Waals surface area contributed by atoms with E-state index in [1.807, 2.05) is 30.3 Å². The Kier molecular flexibility index (Phi) is 4.31. The van der Waals surface area contributed by atoms with E-state index in [0.29, 0.717) is 6.42 Å². The number of carbonyl (C=O) groups is 1. The Bertz CT molecular complexity index is 534. The molecule has 0 aliphatic carbocycles. The van der Waals surface area contributed by atoms with Crippen LogP contribution in [-0.2, 0) is 11.2 Å². The molecular formula is C16H16NO2. The summed E-state index contributed by atoms with van der Waals surface area (Å²) >= 11 is 0. The summed E-state index contributed by atoms with van der Waals surface area (Å²) in [6.45, 7) is 0. The first-order valence-corrected chi connectivity index (χ1v) is 6.12. The molecule has 0 aliphatic rings. The van der Waals surface area contributed by atoms with E-state index >= 15 is 0 Å². The summed E-state index contributed by atoms with van der Waals surface area (Å²) in [5, 5.41) is 9.19. The maximum absolute atomic E-state index is 12.0. The van der Waals surface area contributed by atoms with Gasteiger partial charge in [0.2, 0.25) is 0 Å². The van der Waals surface area contributed by atoms with Crippen molar-refractivity contribution in [1.82, 2.24) is 0 Å². The van der Waals surface area contributed by atoms with Gasteiger partial charge >= 0.3 is 0 Å². The van der Waals surface area contributed by atoms with Crippen LogP contribution in [0, 0.1) is 6.42 Å². The molecule has 0 aliphatic heterocycles. The molecular weight excluding hydrogens is 238 g/mol. The van der Waals surface area contributed by atoms with Gasteiger partial charge in [-0.3, -0.25) is 4.79 Å². The number of phenolic OH excluding ortho intramolecular Hbond substituents is 1. The largest absolute Gasteiger partial charge is 0.508 e. The summed E-state index contributed by atoms with van der Waals surface area (Å²) in [6, 6.07) is 15.5. The van der Waals surface area contributed by atoms with Crippen LogP contribution >= 0.6 is 0 Å². The van der Waals surface area contributed by atoms with Gasteiger partial charge < -0.3 is 10.8 Å². The molecule has 97 valence electrons. The summed E-state index contributed by atoms with van der Waals surface area (Å²) in [5.74, 6) is 0.110. The second-order valence-corrected chi connectivity index (χ2v) is 4.43. The molecule has 0 unspecified atom stereocenters. The van der Waals surface area contributed by atoms with E-state index in [-0.39, 0.29) is 11.5 Å². The Hall–Kier alpha value is -2.13. The van der Waals surface area contributed by atoms with Crippen molar-refractivity contribution in [3.05, 3.63) is 72.1 Å². The SMILES string of the molecule is N[C@@H](Cc1ccc(O)cc1)C(=O)[CH]c1ccccc1. The first kappa shape index (κ1) is 13.3. The number of benzene rings is 2. The highest BCUT2D eigenvalue weighted by molar-refractivity contribution is 5.94. The van der Waals surface area contributed by atoms with Gasteiger partial charge in [-0.1, -0.05) is 42.5 Å². The van der Waals surface area contributed by atoms with Crippen molar-refractivity contribution in [3.8, 4) is 5.75 Å². The van der Waals surface area contributed by atoms with Crippen LogP contribution < -0.4 is 5.73 Å². The van der Waals surface area contributed by atoms with Crippen LogP contribution in [0.15, 0.2) is 54.6 Å². The topological polar surface area (TPSA) is 63.3 Å². The molecule has 3 nitrogen and oxygen atoms in total. The summed E-state index contributed by atoms with van der Waals surface area (Å²) in [6.07, 6.45) is 2.02. The Morgan fingerprint density at radius 3 is 2.37 bits per heavy atom. The normalized spacial score (nSPS) is 12.1. The van der Waals surface area contributed by atoms with Gasteiger partial charge in [-0.25, -0.2) is 0 Å². The molecule has 19 heavy (non-hydrogen) atoms. The van der Waals surface area contributed by atoms with E-state index in [4.69, 9.17) is 5.73 Å². The van der Waals surface area contributed by atoms with Gasteiger partial charge in [0.25, 0.3) is 0 Å². The van der Waals surface area contributed by atoms with E-state index in [9.17, 15) is 9.90 Å². The molecule has 0 aromatic heterocycles. The van der Waals surface area contributed by atoms with Gasteiger partial charge in [-0.15, -0.1) is 0 Å². The summed E-state index contributed by atoms with van der Waals surface area (Å²) in [4.78, 5) is 12.0. The van der Waals surface area contributed by atoms with E-state index in [1.54, 1.807) is 30.7 Å². The maximum atomic E-state index is 12.0. The first-order chi connectivity index (χ1) is 9.15. The molecule has 0 spiro atoms. The Labute approximate surface area is 112 Å². The first-order valence-electron chi connectivity index (χ1n) is 6.12. The van der Waals surface area contributed by atoms with Crippen molar-refractivity contribution in [2.24, 2.45) is 5.73 Å². The number of aromatic hydroxyl groups is 1. The molecule has 0 saturated carbocycles. The van der Waals surface area contributed by atoms with Crippen molar-refractivity contribution in [3.63, 3.8) is 0 Å². The molecule has 0 amide bonds. The highest BCUT2D eigenvalue weighted by atomic mass is 16.3. The molecule has 0 bridgehead atoms. The predicted molar refractivity (Wildman–Crippen MR) is 74.6 cm³/mol. The lowest BCUT2D eigenvalue weighted by molar-refractivity contribution is -0.116. The highest BCUT2D eigenvalue weighted by Crippen LogP contribution is 2.12. The molecule has 1 atom stereocenters. The third kappa shape index (κ3) is 3.93. The number of phenols is 1. The van der Waals surface area contributed by atoms with Gasteiger partial charge in [-0.05, 0) is 29.7 Å². The molecule has 0 heterocycles. The average molecular weight is 254 g/mol. The molecule has 2 rings (SSSR count). The van der Waals surface area contributed by atoms with Crippen LogP contribution in [0.4, 0.5) is 0 Å². The second-order valence-electron chi connectivity index (χ2n) is 4.43. The summed E-state index contributed by atoms with van der Waals surface area (Å²) in [5.41, 5.74) is 7.68. The van der Waals surface area contributed by atoms with Gasteiger partial charge in [-0.2, -0.15) is 0 Å². The van der Waals surface area contributed by atoms with E-state index in [2.05, 4.69) is 0 Å². The van der Waals surface area contributed by atoms with Crippen molar-refractivity contribution in [1.29, 1.82) is 0 Å². The maximum Gasteiger partial charge on any atom is 0.158 e. The number of nitrogens with two attached hydrogens (primary N) is 1. The van der Waals surface area contributed by atoms with Crippen LogP contribution in [0.2, 0.25) is 0 Å². The zero-order valence-corrected chi connectivity index (χ0v) is 10.5. The highest BCUT2D eigenvalue weighted by Gasteiger charge is 2.14. The quantitative estimate of drug-likeness (QED) is 0.858. The van der Waals surface area contributed by atoms with Gasteiger partial charge in [0.1, 0.15) is 5.75 Å². The molecule has 2 aromatic carbocycles. The molecule has 0 fully saturated rings. The molecule has 1 radical (unpaired) electrons. The Balaban J connectivity index is 1.94. The molecule has 0 saturated heterocycles. The number of rotatable bonds is 5. The van der Waals surface area contributed by atoms with Crippen LogP contribution in [0.25, 0.3) is 0 Å². The lowest BCUT2D eigenvalue weighted by Crippen LogP contribution is -2.33. The van der Waals surface area contributed by atoms with Crippen molar-refractivity contribution in [2.75, 3.05) is 0 Å². The smallest absolute Gasteiger partial charge is 0.158 e. The zero-order valence-electron chi connectivity index (χ0n) is 10.5. The fourth-order valence-corrected chi connectivity index (χ4v) is 1.81. The van der Waals surface area contributed by atoms with Crippen LogP contribution in [0.5, 0.6) is 5.75 Å². The average Bonchev–Trinajstić information content (AvgIpc) is 2.42. The van der Waals surface area contributed by atoms with Crippen LogP contribution in [0.1, 0.15) is 11.1 Å². The number of hydrogen-bond donors (Lipinski definition) is 2. The van der Waals surface area contributed by atoms with Crippen LogP contribution in [0.3, 0.4) is 0 Å². The van der Waals surface area contributed by atoms with Gasteiger partial charge in [0.05, 0.1) is 12.5 Å². The van der Waals surface area contributed by atoms with Crippen molar-refractivity contribution in [2.45, 2.75) is 12.5 Å². The third-order valence-corrected chi connectivity index (χ3v) is 2.87. The number of Topliss-reactive ketones (excluding diaryl/α,β-unsaturated/α-hetero) is 1. The molecule has 3 heteroatoms.